The first kappa shape index (κ1) is 18.4. The number of thiophene rings is 1. The number of fused-ring (bicyclic) bond motifs is 3. The minimum absolute atomic E-state index is 0.129. The summed E-state index contributed by atoms with van der Waals surface area (Å²) in [5.41, 5.74) is 3.99. The monoisotopic (exact) mass is 380 g/mol. The number of nitrogens with zero attached hydrogens (tertiary/aromatic N) is 2. The normalized spacial score (nSPS) is 17.3. The zero-order valence-electron chi connectivity index (χ0n) is 16.9. The highest BCUT2D eigenvalue weighted by molar-refractivity contribution is 7.18. The van der Waals surface area contributed by atoms with Gasteiger partial charge in [0.15, 0.2) is 0 Å². The fourth-order valence-corrected chi connectivity index (χ4v) is 5.42. The lowest BCUT2D eigenvalue weighted by atomic mass is 9.87. The van der Waals surface area contributed by atoms with Crippen molar-refractivity contribution in [2.24, 2.45) is 5.92 Å². The zero-order chi connectivity index (χ0) is 19.3. The third-order valence-corrected chi connectivity index (χ3v) is 6.91. The van der Waals surface area contributed by atoms with Gasteiger partial charge >= 0.3 is 0 Å². The van der Waals surface area contributed by atoms with Crippen LogP contribution in [0.15, 0.2) is 29.1 Å². The summed E-state index contributed by atoms with van der Waals surface area (Å²) in [6.45, 7) is 11.5. The van der Waals surface area contributed by atoms with Crippen molar-refractivity contribution in [3.05, 3.63) is 62.0 Å². The Morgan fingerprint density at radius 1 is 1.22 bits per heavy atom. The molecule has 0 bridgehead atoms. The van der Waals surface area contributed by atoms with Crippen molar-refractivity contribution in [3.8, 4) is 0 Å². The van der Waals surface area contributed by atoms with Crippen LogP contribution in [0.5, 0.6) is 0 Å². The predicted molar refractivity (Wildman–Crippen MR) is 114 cm³/mol. The molecule has 2 aromatic heterocycles. The molecule has 0 amide bonds. The smallest absolute Gasteiger partial charge is 0.262 e. The molecule has 0 spiro atoms. The van der Waals surface area contributed by atoms with E-state index in [-0.39, 0.29) is 11.0 Å². The minimum atomic E-state index is 0.129. The van der Waals surface area contributed by atoms with Crippen molar-refractivity contribution in [3.63, 3.8) is 0 Å². The largest absolute Gasteiger partial charge is 0.292 e. The molecule has 142 valence electrons. The van der Waals surface area contributed by atoms with E-state index in [2.05, 4.69) is 52.0 Å². The lowest BCUT2D eigenvalue weighted by molar-refractivity contribution is 0.509. The molecule has 4 rings (SSSR count). The van der Waals surface area contributed by atoms with Gasteiger partial charge in [0.2, 0.25) is 0 Å². The van der Waals surface area contributed by atoms with Gasteiger partial charge in [-0.1, -0.05) is 52.0 Å². The van der Waals surface area contributed by atoms with Crippen LogP contribution in [0.25, 0.3) is 10.2 Å². The van der Waals surface area contributed by atoms with Gasteiger partial charge in [-0.2, -0.15) is 0 Å². The molecule has 1 aliphatic rings. The third kappa shape index (κ3) is 3.36. The van der Waals surface area contributed by atoms with Crippen LogP contribution < -0.4 is 5.56 Å². The Bertz CT molecular complexity index is 1050. The van der Waals surface area contributed by atoms with E-state index in [0.29, 0.717) is 12.5 Å². The molecule has 4 heteroatoms. The molecular formula is C23H28N2OS. The van der Waals surface area contributed by atoms with Gasteiger partial charge in [0.25, 0.3) is 5.56 Å². The quantitative estimate of drug-likeness (QED) is 0.609. The third-order valence-electron chi connectivity index (χ3n) is 5.77. The van der Waals surface area contributed by atoms with Crippen LogP contribution in [0.2, 0.25) is 0 Å². The molecule has 1 atom stereocenters. The lowest BCUT2D eigenvalue weighted by Crippen LogP contribution is -2.25. The second-order valence-electron chi connectivity index (χ2n) is 9.03. The molecule has 0 radical (unpaired) electrons. The van der Waals surface area contributed by atoms with Crippen LogP contribution in [0, 0.1) is 12.8 Å². The Kier molecular flexibility index (Phi) is 4.50. The van der Waals surface area contributed by atoms with Gasteiger partial charge in [-0.15, -0.1) is 11.3 Å². The number of aromatic nitrogens is 2. The first-order valence-electron chi connectivity index (χ1n) is 9.85. The molecule has 1 aliphatic carbocycles. The summed E-state index contributed by atoms with van der Waals surface area (Å²) in [5.74, 6) is 1.51. The molecule has 0 aliphatic heterocycles. The summed E-state index contributed by atoms with van der Waals surface area (Å²) in [6, 6.07) is 8.63. The number of rotatable bonds is 2. The van der Waals surface area contributed by atoms with E-state index in [0.717, 1.165) is 34.4 Å². The lowest BCUT2D eigenvalue weighted by Gasteiger charge is -2.19. The second kappa shape index (κ2) is 6.59. The number of hydrogen-bond donors (Lipinski definition) is 0. The van der Waals surface area contributed by atoms with Crippen molar-refractivity contribution < 1.29 is 0 Å². The highest BCUT2D eigenvalue weighted by Gasteiger charge is 2.24. The molecule has 2 heterocycles. The predicted octanol–water partition coefficient (Wildman–Crippen LogP) is 5.24. The topological polar surface area (TPSA) is 34.9 Å². The number of aryl methyl sites for hydroxylation is 2. The molecule has 0 saturated heterocycles. The van der Waals surface area contributed by atoms with E-state index in [1.54, 1.807) is 11.3 Å². The van der Waals surface area contributed by atoms with E-state index in [1.807, 2.05) is 11.5 Å². The van der Waals surface area contributed by atoms with Gasteiger partial charge < -0.3 is 0 Å². The van der Waals surface area contributed by atoms with E-state index in [1.165, 1.54) is 22.4 Å². The van der Waals surface area contributed by atoms with Gasteiger partial charge in [0.1, 0.15) is 10.7 Å². The Hall–Kier alpha value is -1.94. The summed E-state index contributed by atoms with van der Waals surface area (Å²) >= 11 is 1.73. The standard InChI is InChI=1S/C23H28N2OS/c1-14-6-11-18-19(12-14)27-21-20(18)22(26)25(15(2)24-21)13-16-7-9-17(10-8-16)23(3,4)5/h7-10,14H,6,11-13H2,1-5H3. The maximum absolute atomic E-state index is 13.3. The summed E-state index contributed by atoms with van der Waals surface area (Å²) in [5, 5.41) is 0.874. The Morgan fingerprint density at radius 2 is 1.93 bits per heavy atom. The van der Waals surface area contributed by atoms with Crippen molar-refractivity contribution in [2.75, 3.05) is 0 Å². The summed E-state index contributed by atoms with van der Waals surface area (Å²) < 4.78 is 1.85. The summed E-state index contributed by atoms with van der Waals surface area (Å²) in [7, 11) is 0. The van der Waals surface area contributed by atoms with Gasteiger partial charge in [0, 0.05) is 4.88 Å². The molecule has 3 nitrogen and oxygen atoms in total. The van der Waals surface area contributed by atoms with Crippen molar-refractivity contribution in [1.29, 1.82) is 0 Å². The van der Waals surface area contributed by atoms with E-state index >= 15 is 0 Å². The minimum Gasteiger partial charge on any atom is -0.292 e. The Morgan fingerprint density at radius 3 is 2.59 bits per heavy atom. The summed E-state index contributed by atoms with van der Waals surface area (Å²) in [4.78, 5) is 20.4. The van der Waals surface area contributed by atoms with Crippen LogP contribution in [-0.2, 0) is 24.8 Å². The fourth-order valence-electron chi connectivity index (χ4n) is 4.00. The van der Waals surface area contributed by atoms with Gasteiger partial charge in [-0.05, 0) is 54.2 Å². The Balaban J connectivity index is 1.75. The highest BCUT2D eigenvalue weighted by atomic mass is 32.1. The summed E-state index contributed by atoms with van der Waals surface area (Å²) in [6.07, 6.45) is 3.26. The first-order valence-corrected chi connectivity index (χ1v) is 10.7. The molecular weight excluding hydrogens is 352 g/mol. The van der Waals surface area contributed by atoms with Crippen LogP contribution in [0.1, 0.15) is 61.5 Å². The van der Waals surface area contributed by atoms with Crippen molar-refractivity contribution >= 4 is 21.6 Å². The van der Waals surface area contributed by atoms with E-state index in [4.69, 9.17) is 4.98 Å². The van der Waals surface area contributed by atoms with Crippen molar-refractivity contribution in [1.82, 2.24) is 9.55 Å². The molecule has 1 unspecified atom stereocenters. The van der Waals surface area contributed by atoms with E-state index < -0.39 is 0 Å². The zero-order valence-corrected chi connectivity index (χ0v) is 17.7. The second-order valence-corrected chi connectivity index (χ2v) is 10.1. The fraction of sp³-hybridized carbons (Fsp3) is 0.478. The molecule has 27 heavy (non-hydrogen) atoms. The van der Waals surface area contributed by atoms with Gasteiger partial charge in [-0.25, -0.2) is 4.98 Å². The first-order chi connectivity index (χ1) is 12.7. The molecule has 0 saturated carbocycles. The molecule has 0 N–H and O–H groups in total. The molecule has 1 aromatic carbocycles. The van der Waals surface area contributed by atoms with Crippen LogP contribution in [0.3, 0.4) is 0 Å². The molecule has 3 aromatic rings. The number of hydrogen-bond acceptors (Lipinski definition) is 3. The van der Waals surface area contributed by atoms with Crippen LogP contribution in [-0.4, -0.2) is 9.55 Å². The average molecular weight is 381 g/mol. The molecule has 0 fully saturated rings. The number of benzene rings is 1. The van der Waals surface area contributed by atoms with Gasteiger partial charge in [-0.3, -0.25) is 9.36 Å². The highest BCUT2D eigenvalue weighted by Crippen LogP contribution is 2.35. The van der Waals surface area contributed by atoms with E-state index in [9.17, 15) is 4.79 Å². The maximum Gasteiger partial charge on any atom is 0.262 e. The van der Waals surface area contributed by atoms with Crippen LogP contribution in [0.4, 0.5) is 0 Å². The van der Waals surface area contributed by atoms with Gasteiger partial charge in [0.05, 0.1) is 11.9 Å². The van der Waals surface area contributed by atoms with Crippen LogP contribution >= 0.6 is 11.3 Å². The Labute approximate surface area is 165 Å². The maximum atomic E-state index is 13.3. The average Bonchev–Trinajstić information content (AvgIpc) is 2.95. The SMILES string of the molecule is Cc1nc2sc3c(c2c(=O)n1Cc1ccc(C(C)(C)C)cc1)CCC(C)C3. The van der Waals surface area contributed by atoms with Crippen molar-refractivity contribution in [2.45, 2.75) is 65.8 Å².